The summed E-state index contributed by atoms with van der Waals surface area (Å²) in [5.74, 6) is 0. The number of urea groups is 1. The fourth-order valence-corrected chi connectivity index (χ4v) is 4.09. The van der Waals surface area contributed by atoms with Crippen molar-refractivity contribution in [2.75, 3.05) is 5.32 Å². The normalized spacial score (nSPS) is 14.2. The van der Waals surface area contributed by atoms with E-state index in [2.05, 4.69) is 20.6 Å². The van der Waals surface area contributed by atoms with Crippen LogP contribution in [-0.2, 0) is 0 Å². The maximum Gasteiger partial charge on any atom is 0.319 e. The average molecular weight is 425 g/mol. The van der Waals surface area contributed by atoms with Gasteiger partial charge in [-0.1, -0.05) is 31.4 Å². The van der Waals surface area contributed by atoms with E-state index in [4.69, 9.17) is 9.97 Å². The summed E-state index contributed by atoms with van der Waals surface area (Å²) in [6.07, 6.45) is 9.15. The van der Waals surface area contributed by atoms with E-state index in [1.54, 1.807) is 12.4 Å². The first-order chi connectivity index (χ1) is 15.8. The monoisotopic (exact) mass is 424 g/mol. The van der Waals surface area contributed by atoms with Gasteiger partial charge in [0.25, 0.3) is 0 Å². The first-order valence-electron chi connectivity index (χ1n) is 11.0. The first kappa shape index (κ1) is 20.1. The molecule has 1 aliphatic rings. The number of nitrogens with zero attached hydrogens (tertiary/aromatic N) is 4. The van der Waals surface area contributed by atoms with Crippen LogP contribution in [0.4, 0.5) is 10.5 Å². The summed E-state index contributed by atoms with van der Waals surface area (Å²) in [6, 6.07) is 17.0. The molecule has 0 radical (unpaired) electrons. The molecule has 2 N–H and O–H groups in total. The molecule has 3 heterocycles. The van der Waals surface area contributed by atoms with Crippen molar-refractivity contribution in [1.29, 1.82) is 0 Å². The standard InChI is InChI=1S/C25H24N6O/c32-25(28-17-8-2-1-3-9-17)29-18-12-13-19-22(16-18)31-24(21-11-5-7-15-27-21)23(30-19)20-10-4-6-14-26-20/h4-7,10-17H,1-3,8-9H2,(H2,28,29,32). The molecule has 0 bridgehead atoms. The zero-order valence-corrected chi connectivity index (χ0v) is 17.7. The molecule has 1 fully saturated rings. The Hall–Kier alpha value is -3.87. The lowest BCUT2D eigenvalue weighted by molar-refractivity contribution is 0.244. The quantitative estimate of drug-likeness (QED) is 0.469. The molecule has 1 saturated carbocycles. The van der Waals surface area contributed by atoms with E-state index in [1.807, 2.05) is 54.6 Å². The van der Waals surface area contributed by atoms with Crippen LogP contribution in [0.2, 0.25) is 0 Å². The molecule has 4 aromatic rings. The first-order valence-corrected chi connectivity index (χ1v) is 11.0. The second kappa shape index (κ2) is 9.09. The molecule has 3 aromatic heterocycles. The van der Waals surface area contributed by atoms with Crippen molar-refractivity contribution in [3.63, 3.8) is 0 Å². The number of carbonyl (C=O) groups excluding carboxylic acids is 1. The number of pyridine rings is 2. The van der Waals surface area contributed by atoms with Crippen molar-refractivity contribution in [2.24, 2.45) is 0 Å². The molecule has 7 heteroatoms. The summed E-state index contributed by atoms with van der Waals surface area (Å²) in [7, 11) is 0. The summed E-state index contributed by atoms with van der Waals surface area (Å²) in [6.45, 7) is 0. The highest BCUT2D eigenvalue weighted by Crippen LogP contribution is 2.29. The Morgan fingerprint density at radius 2 is 1.44 bits per heavy atom. The number of fused-ring (bicyclic) bond motifs is 1. The van der Waals surface area contributed by atoms with Crippen molar-refractivity contribution in [3.05, 3.63) is 67.0 Å². The van der Waals surface area contributed by atoms with Crippen molar-refractivity contribution in [3.8, 4) is 22.8 Å². The number of anilines is 1. The Bertz CT molecular complexity index is 1220. The third kappa shape index (κ3) is 4.42. The SMILES string of the molecule is O=C(Nc1ccc2nc(-c3ccccn3)c(-c3ccccn3)nc2c1)NC1CCCCC1. The molecule has 1 aromatic carbocycles. The molecular weight excluding hydrogens is 400 g/mol. The lowest BCUT2D eigenvalue weighted by Crippen LogP contribution is -2.39. The largest absolute Gasteiger partial charge is 0.335 e. The highest BCUT2D eigenvalue weighted by molar-refractivity contribution is 5.93. The van der Waals surface area contributed by atoms with Gasteiger partial charge in [0.15, 0.2) is 0 Å². The Morgan fingerprint density at radius 1 is 0.781 bits per heavy atom. The van der Waals surface area contributed by atoms with Crippen LogP contribution in [0.3, 0.4) is 0 Å². The van der Waals surface area contributed by atoms with Gasteiger partial charge in [-0.05, 0) is 55.3 Å². The number of carbonyl (C=O) groups is 1. The van der Waals surface area contributed by atoms with Gasteiger partial charge in [-0.25, -0.2) is 14.8 Å². The number of aromatic nitrogens is 4. The van der Waals surface area contributed by atoms with E-state index < -0.39 is 0 Å². The fraction of sp³-hybridized carbons (Fsp3) is 0.240. The summed E-state index contributed by atoms with van der Waals surface area (Å²) in [5, 5.41) is 6.02. The second-order valence-electron chi connectivity index (χ2n) is 7.99. The second-order valence-corrected chi connectivity index (χ2v) is 7.99. The average Bonchev–Trinajstić information content (AvgIpc) is 2.85. The Labute approximate surface area is 186 Å². The van der Waals surface area contributed by atoms with Gasteiger partial charge in [-0.3, -0.25) is 9.97 Å². The van der Waals surface area contributed by atoms with Gasteiger partial charge in [0.2, 0.25) is 0 Å². The molecule has 0 atom stereocenters. The zero-order valence-electron chi connectivity index (χ0n) is 17.7. The zero-order chi connectivity index (χ0) is 21.8. The van der Waals surface area contributed by atoms with Crippen molar-refractivity contribution in [2.45, 2.75) is 38.1 Å². The molecule has 32 heavy (non-hydrogen) atoms. The van der Waals surface area contributed by atoms with Gasteiger partial charge < -0.3 is 10.6 Å². The van der Waals surface area contributed by atoms with Gasteiger partial charge in [0.05, 0.1) is 22.4 Å². The van der Waals surface area contributed by atoms with E-state index in [0.717, 1.165) is 29.7 Å². The van der Waals surface area contributed by atoms with Crippen LogP contribution in [-0.4, -0.2) is 32.0 Å². The van der Waals surface area contributed by atoms with E-state index in [0.29, 0.717) is 22.6 Å². The fourth-order valence-electron chi connectivity index (χ4n) is 4.09. The van der Waals surface area contributed by atoms with Crippen LogP contribution < -0.4 is 10.6 Å². The molecule has 160 valence electrons. The summed E-state index contributed by atoms with van der Waals surface area (Å²) >= 11 is 0. The Balaban J connectivity index is 1.48. The Morgan fingerprint density at radius 3 is 2.06 bits per heavy atom. The number of benzene rings is 1. The molecule has 0 unspecified atom stereocenters. The lowest BCUT2D eigenvalue weighted by Gasteiger charge is -2.22. The smallest absolute Gasteiger partial charge is 0.319 e. The highest BCUT2D eigenvalue weighted by atomic mass is 16.2. The van der Waals surface area contributed by atoms with Gasteiger partial charge in [0, 0.05) is 24.1 Å². The van der Waals surface area contributed by atoms with Crippen LogP contribution in [0.15, 0.2) is 67.0 Å². The Kier molecular flexibility index (Phi) is 5.70. The van der Waals surface area contributed by atoms with Gasteiger partial charge in [-0.2, -0.15) is 0 Å². The number of nitrogens with one attached hydrogen (secondary N) is 2. The number of hydrogen-bond donors (Lipinski definition) is 2. The topological polar surface area (TPSA) is 92.7 Å². The van der Waals surface area contributed by atoms with Crippen LogP contribution >= 0.6 is 0 Å². The van der Waals surface area contributed by atoms with Crippen LogP contribution in [0.5, 0.6) is 0 Å². The third-order valence-electron chi connectivity index (χ3n) is 5.68. The lowest BCUT2D eigenvalue weighted by atomic mass is 9.96. The summed E-state index contributed by atoms with van der Waals surface area (Å²) < 4.78 is 0. The van der Waals surface area contributed by atoms with Crippen LogP contribution in [0.25, 0.3) is 33.8 Å². The van der Waals surface area contributed by atoms with Crippen LogP contribution in [0, 0.1) is 0 Å². The molecule has 2 amide bonds. The van der Waals surface area contributed by atoms with Crippen LogP contribution in [0.1, 0.15) is 32.1 Å². The number of amides is 2. The maximum absolute atomic E-state index is 12.5. The minimum atomic E-state index is -0.181. The molecule has 0 saturated heterocycles. The van der Waals surface area contributed by atoms with E-state index >= 15 is 0 Å². The molecular formula is C25H24N6O. The summed E-state index contributed by atoms with van der Waals surface area (Å²) in [4.78, 5) is 31.1. The molecule has 1 aliphatic carbocycles. The van der Waals surface area contributed by atoms with Crippen molar-refractivity contribution in [1.82, 2.24) is 25.3 Å². The minimum absolute atomic E-state index is 0.181. The maximum atomic E-state index is 12.5. The molecule has 0 spiro atoms. The summed E-state index contributed by atoms with van der Waals surface area (Å²) in [5.41, 5.74) is 4.86. The molecule has 0 aliphatic heterocycles. The van der Waals surface area contributed by atoms with Crippen molar-refractivity contribution >= 4 is 22.8 Å². The predicted octanol–water partition coefficient (Wildman–Crippen LogP) is 5.21. The van der Waals surface area contributed by atoms with Gasteiger partial charge in [0.1, 0.15) is 11.4 Å². The minimum Gasteiger partial charge on any atom is -0.335 e. The van der Waals surface area contributed by atoms with E-state index in [1.165, 1.54) is 19.3 Å². The van der Waals surface area contributed by atoms with Gasteiger partial charge in [-0.15, -0.1) is 0 Å². The van der Waals surface area contributed by atoms with Crippen molar-refractivity contribution < 1.29 is 4.79 Å². The highest BCUT2D eigenvalue weighted by Gasteiger charge is 2.17. The van der Waals surface area contributed by atoms with E-state index in [9.17, 15) is 4.79 Å². The molecule has 7 nitrogen and oxygen atoms in total. The predicted molar refractivity (Wildman–Crippen MR) is 125 cm³/mol. The number of rotatable bonds is 4. The van der Waals surface area contributed by atoms with Gasteiger partial charge >= 0.3 is 6.03 Å². The molecule has 5 rings (SSSR count). The number of hydrogen-bond acceptors (Lipinski definition) is 5. The van der Waals surface area contributed by atoms with E-state index in [-0.39, 0.29) is 12.1 Å². The third-order valence-corrected chi connectivity index (χ3v) is 5.68.